The van der Waals surface area contributed by atoms with Gasteiger partial charge in [0.25, 0.3) is 0 Å². The van der Waals surface area contributed by atoms with Gasteiger partial charge in [0.05, 0.1) is 11.2 Å². The van der Waals surface area contributed by atoms with Crippen molar-refractivity contribution in [1.29, 1.82) is 0 Å². The molecule has 0 spiro atoms. The fourth-order valence-electron chi connectivity index (χ4n) is 1.73. The summed E-state index contributed by atoms with van der Waals surface area (Å²) in [6.07, 6.45) is 3.37. The average molecular weight is 262 g/mol. The van der Waals surface area contributed by atoms with Gasteiger partial charge in [0.1, 0.15) is 0 Å². The van der Waals surface area contributed by atoms with Crippen LogP contribution in [0.5, 0.6) is 5.75 Å². The van der Waals surface area contributed by atoms with Crippen LogP contribution in [0.4, 0.5) is 5.82 Å². The zero-order valence-electron chi connectivity index (χ0n) is 11.7. The molecule has 1 saturated heterocycles. The Balaban J connectivity index is 2.10. The molecule has 6 heteroatoms. The highest BCUT2D eigenvalue weighted by Crippen LogP contribution is 2.37. The third-order valence-electron chi connectivity index (χ3n) is 3.64. The van der Waals surface area contributed by atoms with Crippen molar-refractivity contribution in [1.82, 2.24) is 4.98 Å². The first-order valence-corrected chi connectivity index (χ1v) is 6.20. The summed E-state index contributed by atoms with van der Waals surface area (Å²) in [5.74, 6) is 1.88. The summed E-state index contributed by atoms with van der Waals surface area (Å²) in [5, 5.41) is 9.47. The quantitative estimate of drug-likeness (QED) is 0.797. The third-order valence-corrected chi connectivity index (χ3v) is 3.64. The zero-order valence-corrected chi connectivity index (χ0v) is 11.7. The lowest BCUT2D eigenvalue weighted by atomic mass is 9.89. The van der Waals surface area contributed by atoms with Crippen molar-refractivity contribution in [3.8, 4) is 5.75 Å². The standard InChI is InChI=1S/C13H19BN2O3/c1-12(2)13(3,4)19-14(18-12)6-5-9-7-10(17)11(15)16-8-9/h5-8,17H,1-4H3,(H2,15,16)/b6-5+. The molecule has 0 amide bonds. The van der Waals surface area contributed by atoms with Crippen LogP contribution in [0.2, 0.25) is 0 Å². The minimum atomic E-state index is -0.412. The van der Waals surface area contributed by atoms with Crippen LogP contribution in [-0.4, -0.2) is 28.4 Å². The SMILES string of the molecule is CC1(C)OB(/C=C/c2cnc(N)c(O)c2)OC1(C)C. The third kappa shape index (κ3) is 2.74. The summed E-state index contributed by atoms with van der Waals surface area (Å²) in [7, 11) is -0.412. The van der Waals surface area contributed by atoms with E-state index in [1.54, 1.807) is 24.3 Å². The molecule has 0 bridgehead atoms. The van der Waals surface area contributed by atoms with Crippen LogP contribution in [0.25, 0.3) is 6.08 Å². The van der Waals surface area contributed by atoms with Gasteiger partial charge in [-0.25, -0.2) is 4.98 Å². The van der Waals surface area contributed by atoms with Crippen molar-refractivity contribution >= 4 is 19.0 Å². The largest absolute Gasteiger partial charge is 0.504 e. The van der Waals surface area contributed by atoms with Crippen molar-refractivity contribution in [2.24, 2.45) is 0 Å². The van der Waals surface area contributed by atoms with Crippen molar-refractivity contribution in [3.63, 3.8) is 0 Å². The number of nitrogen functional groups attached to an aromatic ring is 1. The molecule has 1 aliphatic rings. The minimum absolute atomic E-state index is 0.0314. The highest BCUT2D eigenvalue weighted by atomic mass is 16.7. The number of aromatic hydroxyl groups is 1. The maximum atomic E-state index is 9.47. The smallest absolute Gasteiger partial charge is 0.487 e. The van der Waals surface area contributed by atoms with Gasteiger partial charge in [-0.2, -0.15) is 0 Å². The first-order chi connectivity index (χ1) is 8.71. The van der Waals surface area contributed by atoms with E-state index in [-0.39, 0.29) is 22.8 Å². The van der Waals surface area contributed by atoms with Crippen molar-refractivity contribution < 1.29 is 14.4 Å². The number of pyridine rings is 1. The molecule has 2 heterocycles. The van der Waals surface area contributed by atoms with E-state index in [1.807, 2.05) is 27.7 Å². The molecule has 1 aromatic heterocycles. The van der Waals surface area contributed by atoms with E-state index in [4.69, 9.17) is 15.0 Å². The summed E-state index contributed by atoms with van der Waals surface area (Å²) in [6.45, 7) is 7.99. The predicted octanol–water partition coefficient (Wildman–Crippen LogP) is 2.01. The average Bonchev–Trinajstić information content (AvgIpc) is 2.49. The van der Waals surface area contributed by atoms with E-state index < -0.39 is 7.12 Å². The van der Waals surface area contributed by atoms with Crippen LogP contribution < -0.4 is 5.73 Å². The summed E-state index contributed by atoms with van der Waals surface area (Å²) >= 11 is 0. The summed E-state index contributed by atoms with van der Waals surface area (Å²) < 4.78 is 11.6. The number of rotatable bonds is 2. The number of aromatic nitrogens is 1. The van der Waals surface area contributed by atoms with E-state index in [0.717, 1.165) is 5.56 Å². The molecule has 0 unspecified atom stereocenters. The number of nitrogens with zero attached hydrogens (tertiary/aromatic N) is 1. The monoisotopic (exact) mass is 262 g/mol. The van der Waals surface area contributed by atoms with Crippen molar-refractivity contribution in [3.05, 3.63) is 23.8 Å². The molecule has 0 aromatic carbocycles. The van der Waals surface area contributed by atoms with Crippen LogP contribution in [0.15, 0.2) is 18.2 Å². The van der Waals surface area contributed by atoms with Gasteiger partial charge < -0.3 is 20.1 Å². The second-order valence-electron chi connectivity index (χ2n) is 5.66. The molecule has 0 saturated carbocycles. The molecular formula is C13H19BN2O3. The van der Waals surface area contributed by atoms with Crippen LogP contribution >= 0.6 is 0 Å². The predicted molar refractivity (Wildman–Crippen MR) is 75.4 cm³/mol. The fourth-order valence-corrected chi connectivity index (χ4v) is 1.73. The topological polar surface area (TPSA) is 77.6 Å². The second-order valence-corrected chi connectivity index (χ2v) is 5.66. The van der Waals surface area contributed by atoms with Gasteiger partial charge in [-0.15, -0.1) is 0 Å². The zero-order chi connectivity index (χ0) is 14.3. The van der Waals surface area contributed by atoms with Gasteiger partial charge >= 0.3 is 7.12 Å². The van der Waals surface area contributed by atoms with Gasteiger partial charge in [-0.05, 0) is 39.3 Å². The molecule has 1 aliphatic heterocycles. The molecule has 2 rings (SSSR count). The van der Waals surface area contributed by atoms with Crippen molar-refractivity contribution in [2.45, 2.75) is 38.9 Å². The first kappa shape index (κ1) is 13.9. The maximum Gasteiger partial charge on any atom is 0.487 e. The fraction of sp³-hybridized carbons (Fsp3) is 0.462. The first-order valence-electron chi connectivity index (χ1n) is 6.20. The highest BCUT2D eigenvalue weighted by molar-refractivity contribution is 6.52. The number of anilines is 1. The Morgan fingerprint density at radius 2 is 1.84 bits per heavy atom. The normalized spacial score (nSPS) is 21.2. The van der Waals surface area contributed by atoms with E-state index in [2.05, 4.69) is 4.98 Å². The molecule has 5 nitrogen and oxygen atoms in total. The van der Waals surface area contributed by atoms with Crippen LogP contribution in [0.3, 0.4) is 0 Å². The molecule has 0 aliphatic carbocycles. The van der Waals surface area contributed by atoms with E-state index in [0.29, 0.717) is 0 Å². The van der Waals surface area contributed by atoms with Crippen LogP contribution in [0.1, 0.15) is 33.3 Å². The van der Waals surface area contributed by atoms with Gasteiger partial charge in [0.2, 0.25) is 0 Å². The Kier molecular flexibility index (Phi) is 3.32. The van der Waals surface area contributed by atoms with E-state index >= 15 is 0 Å². The molecule has 1 fully saturated rings. The van der Waals surface area contributed by atoms with Crippen LogP contribution in [-0.2, 0) is 9.31 Å². The second kappa shape index (κ2) is 4.54. The summed E-state index contributed by atoms with van der Waals surface area (Å²) in [5.41, 5.74) is 5.47. The molecule has 3 N–H and O–H groups in total. The lowest BCUT2D eigenvalue weighted by molar-refractivity contribution is 0.00578. The Labute approximate surface area is 113 Å². The molecule has 19 heavy (non-hydrogen) atoms. The Hall–Kier alpha value is -1.53. The van der Waals surface area contributed by atoms with Gasteiger partial charge in [0.15, 0.2) is 11.6 Å². The van der Waals surface area contributed by atoms with E-state index in [9.17, 15) is 5.11 Å². The number of hydrogen-bond acceptors (Lipinski definition) is 5. The van der Waals surface area contributed by atoms with Gasteiger partial charge in [-0.1, -0.05) is 12.1 Å². The highest BCUT2D eigenvalue weighted by Gasteiger charge is 2.49. The lowest BCUT2D eigenvalue weighted by Gasteiger charge is -2.32. The van der Waals surface area contributed by atoms with Crippen LogP contribution in [0, 0.1) is 0 Å². The number of nitrogens with two attached hydrogens (primary N) is 1. The Morgan fingerprint density at radius 3 is 2.37 bits per heavy atom. The Morgan fingerprint density at radius 1 is 1.26 bits per heavy atom. The molecular weight excluding hydrogens is 243 g/mol. The maximum absolute atomic E-state index is 9.47. The molecule has 102 valence electrons. The van der Waals surface area contributed by atoms with Gasteiger partial charge in [-0.3, -0.25) is 0 Å². The van der Waals surface area contributed by atoms with E-state index in [1.165, 1.54) is 0 Å². The van der Waals surface area contributed by atoms with Crippen molar-refractivity contribution in [2.75, 3.05) is 5.73 Å². The van der Waals surface area contributed by atoms with Gasteiger partial charge in [0, 0.05) is 6.20 Å². The number of hydrogen-bond donors (Lipinski definition) is 2. The summed E-state index contributed by atoms with van der Waals surface area (Å²) in [6, 6.07) is 1.55. The summed E-state index contributed by atoms with van der Waals surface area (Å²) in [4.78, 5) is 3.88. The molecule has 0 atom stereocenters. The minimum Gasteiger partial charge on any atom is -0.504 e. The molecule has 0 radical (unpaired) electrons. The molecule has 1 aromatic rings. The Bertz CT molecular complexity index is 499. The lowest BCUT2D eigenvalue weighted by Crippen LogP contribution is -2.41.